The van der Waals surface area contributed by atoms with Crippen molar-refractivity contribution in [3.8, 4) is 0 Å². The molecule has 1 aromatic heterocycles. The number of nitrogens with zero attached hydrogens (tertiary/aromatic N) is 1. The molecule has 1 aromatic rings. The van der Waals surface area contributed by atoms with Gasteiger partial charge in [-0.3, -0.25) is 18.9 Å². The van der Waals surface area contributed by atoms with Gasteiger partial charge in [0.1, 0.15) is 6.10 Å². The molecule has 0 saturated carbocycles. The lowest BCUT2D eigenvalue weighted by Crippen LogP contribution is -2.32. The Kier molecular flexibility index (Phi) is 6.57. The van der Waals surface area contributed by atoms with Crippen LogP contribution in [-0.4, -0.2) is 41.8 Å². The van der Waals surface area contributed by atoms with Gasteiger partial charge >= 0.3 is 29.2 Å². The van der Waals surface area contributed by atoms with Crippen molar-refractivity contribution >= 4 is 23.5 Å². The van der Waals surface area contributed by atoms with Gasteiger partial charge in [0.25, 0.3) is 5.56 Å². The molecule has 0 amide bonds. The van der Waals surface area contributed by atoms with E-state index in [1.165, 1.54) is 12.2 Å². The molecule has 1 aliphatic rings. The van der Waals surface area contributed by atoms with Gasteiger partial charge in [-0.05, 0) is 6.08 Å². The summed E-state index contributed by atoms with van der Waals surface area (Å²) < 4.78 is 51.1. The van der Waals surface area contributed by atoms with Crippen LogP contribution in [0.15, 0.2) is 34.0 Å². The van der Waals surface area contributed by atoms with Crippen LogP contribution in [0.2, 0.25) is 0 Å². The Morgan fingerprint density at radius 2 is 1.74 bits per heavy atom. The first-order valence-corrected chi connectivity index (χ1v) is 11.2. The fourth-order valence-electron chi connectivity index (χ4n) is 1.84. The molecule has 0 radical (unpaired) electrons. The predicted octanol–water partition coefficient (Wildman–Crippen LogP) is -0.667. The average Bonchev–Trinajstić information content (AvgIpc) is 2.90. The van der Waals surface area contributed by atoms with Crippen molar-refractivity contribution < 1.29 is 51.2 Å². The van der Waals surface area contributed by atoms with E-state index < -0.39 is 53.7 Å². The van der Waals surface area contributed by atoms with Crippen molar-refractivity contribution in [2.45, 2.75) is 12.3 Å². The third kappa shape index (κ3) is 7.03. The van der Waals surface area contributed by atoms with E-state index in [2.05, 4.69) is 13.1 Å². The van der Waals surface area contributed by atoms with E-state index in [4.69, 9.17) is 19.4 Å². The van der Waals surface area contributed by atoms with Crippen molar-refractivity contribution in [1.29, 1.82) is 0 Å². The third-order valence-electron chi connectivity index (χ3n) is 2.75. The van der Waals surface area contributed by atoms with Crippen LogP contribution in [-0.2, 0) is 31.6 Å². The zero-order valence-electron chi connectivity index (χ0n) is 12.9. The minimum atomic E-state index is -5.61. The summed E-state index contributed by atoms with van der Waals surface area (Å²) in [5.74, 6) is 0. The molecule has 18 heteroatoms. The van der Waals surface area contributed by atoms with Gasteiger partial charge in [0, 0.05) is 12.3 Å². The third-order valence-corrected chi connectivity index (χ3v) is 6.55. The van der Waals surface area contributed by atoms with Crippen molar-refractivity contribution in [2.75, 3.05) is 6.61 Å². The molecule has 0 aromatic carbocycles. The number of hydrogen-bond donors (Lipinski definition) is 5. The highest BCUT2D eigenvalue weighted by atomic mass is 31.3. The topological polar surface area (TPSA) is 224 Å². The summed E-state index contributed by atoms with van der Waals surface area (Å²) in [6.07, 6.45) is 1.88. The lowest BCUT2D eigenvalue weighted by molar-refractivity contribution is -0.0104. The maximum absolute atomic E-state index is 11.6. The second-order valence-electron chi connectivity index (χ2n) is 4.85. The van der Waals surface area contributed by atoms with Gasteiger partial charge in [-0.15, -0.1) is 0 Å². The van der Waals surface area contributed by atoms with Gasteiger partial charge in [-0.25, -0.2) is 18.5 Å². The smallest absolute Gasteiger partial charge is 0.344 e. The fraction of sp³-hybridized carbons (Fsp3) is 0.333. The number of rotatable bonds is 8. The Morgan fingerprint density at radius 3 is 2.33 bits per heavy atom. The molecule has 2 unspecified atom stereocenters. The summed E-state index contributed by atoms with van der Waals surface area (Å²) in [4.78, 5) is 59.8. The molecule has 0 bridgehead atoms. The highest BCUT2D eigenvalue weighted by Crippen LogP contribution is 2.66. The minimum absolute atomic E-state index is 0.623. The number of hydrogen-bond acceptors (Lipinski definition) is 9. The number of H-pyrrole nitrogens is 1. The summed E-state index contributed by atoms with van der Waals surface area (Å²) in [6.45, 7) is -0.700. The average molecular weight is 450 g/mol. The van der Waals surface area contributed by atoms with Crippen molar-refractivity contribution in [3.63, 3.8) is 0 Å². The number of nitrogens with one attached hydrogen (secondary N) is 1. The van der Waals surface area contributed by atoms with Crippen LogP contribution in [0.4, 0.5) is 0 Å². The lowest BCUT2D eigenvalue weighted by atomic mass is 10.4. The number of phosphoric ester groups is 1. The van der Waals surface area contributed by atoms with Gasteiger partial charge in [-0.1, -0.05) is 6.08 Å². The first-order chi connectivity index (χ1) is 12.3. The molecule has 2 heterocycles. The Bertz CT molecular complexity index is 976. The van der Waals surface area contributed by atoms with Crippen LogP contribution in [0.5, 0.6) is 0 Å². The van der Waals surface area contributed by atoms with Crippen LogP contribution in [0.25, 0.3) is 0 Å². The van der Waals surface area contributed by atoms with E-state index in [1.807, 2.05) is 4.98 Å². The van der Waals surface area contributed by atoms with Gasteiger partial charge < -0.3 is 24.3 Å². The van der Waals surface area contributed by atoms with Gasteiger partial charge in [0.05, 0.1) is 6.61 Å². The van der Waals surface area contributed by atoms with Crippen LogP contribution in [0.3, 0.4) is 0 Å². The fourth-order valence-corrected chi connectivity index (χ4v) is 4.87. The van der Waals surface area contributed by atoms with Crippen LogP contribution in [0, 0.1) is 0 Å². The zero-order valence-corrected chi connectivity index (χ0v) is 15.6. The molecule has 4 atom stereocenters. The molecular formula is C9H13N2O13P3. The van der Waals surface area contributed by atoms with Crippen molar-refractivity contribution in [1.82, 2.24) is 9.55 Å². The van der Waals surface area contributed by atoms with Crippen LogP contribution in [0.1, 0.15) is 6.23 Å². The van der Waals surface area contributed by atoms with Gasteiger partial charge in [0.15, 0.2) is 6.23 Å². The molecule has 5 N–H and O–H groups in total. The number of aromatic nitrogens is 2. The normalized spacial score (nSPS) is 24.4. The SMILES string of the molecule is O=c1ccn([C@H]2C=C[C@@H](COP(=O)(O)OP(=O)(O)OP(=O)(O)O)O2)c(=O)[nH]1. The zero-order chi connectivity index (χ0) is 20.5. The summed E-state index contributed by atoms with van der Waals surface area (Å²) in [5, 5.41) is 0. The lowest BCUT2D eigenvalue weighted by Gasteiger charge is -2.18. The highest BCUT2D eigenvalue weighted by Gasteiger charge is 2.41. The van der Waals surface area contributed by atoms with E-state index >= 15 is 0 Å². The van der Waals surface area contributed by atoms with Crippen molar-refractivity contribution in [3.05, 3.63) is 45.3 Å². The molecule has 152 valence electrons. The Labute approximate surface area is 149 Å². The molecule has 27 heavy (non-hydrogen) atoms. The number of phosphoric acid groups is 3. The summed E-state index contributed by atoms with van der Waals surface area (Å²) in [6, 6.07) is 1.07. The standard InChI is InChI=1S/C9H13N2O13P3/c12-7-3-4-11(9(13)10-7)8-2-1-6(22-8)5-21-26(17,18)24-27(19,20)23-25(14,15)16/h1-4,6,8H,5H2,(H,17,18)(H,19,20)(H,10,12,13)(H2,14,15,16)/t6-,8+/m0/s1. The van der Waals surface area contributed by atoms with Crippen LogP contribution < -0.4 is 11.2 Å². The summed E-state index contributed by atoms with van der Waals surface area (Å²) >= 11 is 0. The largest absolute Gasteiger partial charge is 0.490 e. The van der Waals surface area contributed by atoms with Crippen LogP contribution >= 0.6 is 23.5 Å². The second kappa shape index (κ2) is 8.03. The number of aromatic amines is 1. The summed E-state index contributed by atoms with van der Waals surface area (Å²) in [5.41, 5.74) is -1.40. The second-order valence-corrected chi connectivity index (χ2v) is 9.27. The van der Waals surface area contributed by atoms with E-state index in [0.29, 0.717) is 0 Å². The van der Waals surface area contributed by atoms with Crippen molar-refractivity contribution in [2.24, 2.45) is 0 Å². The molecule has 0 aliphatic carbocycles. The highest BCUT2D eigenvalue weighted by molar-refractivity contribution is 7.66. The maximum atomic E-state index is 11.6. The minimum Gasteiger partial charge on any atom is -0.344 e. The quantitative estimate of drug-likeness (QED) is 0.245. The Hall–Kier alpha value is -1.21. The molecule has 2 rings (SSSR count). The van der Waals surface area contributed by atoms with Gasteiger partial charge in [0.2, 0.25) is 0 Å². The Morgan fingerprint density at radius 1 is 1.07 bits per heavy atom. The molecule has 0 spiro atoms. The molecule has 15 nitrogen and oxygen atoms in total. The predicted molar refractivity (Wildman–Crippen MR) is 84.2 cm³/mol. The van der Waals surface area contributed by atoms with E-state index in [1.54, 1.807) is 0 Å². The molecular weight excluding hydrogens is 437 g/mol. The first-order valence-electron chi connectivity index (χ1n) is 6.70. The Balaban J connectivity index is 1.93. The molecule has 0 saturated heterocycles. The monoisotopic (exact) mass is 450 g/mol. The maximum Gasteiger partial charge on any atom is 0.490 e. The molecule has 1 aliphatic heterocycles. The number of ether oxygens (including phenoxy) is 1. The first kappa shape index (κ1) is 22.1. The molecule has 0 fully saturated rings. The van der Waals surface area contributed by atoms with E-state index in [0.717, 1.165) is 16.8 Å². The van der Waals surface area contributed by atoms with E-state index in [-0.39, 0.29) is 0 Å². The van der Waals surface area contributed by atoms with Gasteiger partial charge in [-0.2, -0.15) is 8.62 Å². The van der Waals surface area contributed by atoms with E-state index in [9.17, 15) is 28.2 Å². The summed E-state index contributed by atoms with van der Waals surface area (Å²) in [7, 11) is -16.4.